The summed E-state index contributed by atoms with van der Waals surface area (Å²) in [5, 5.41) is 11.1. The summed E-state index contributed by atoms with van der Waals surface area (Å²) in [6, 6.07) is 3.91. The monoisotopic (exact) mass is 264 g/mol. The number of nitrogens with one attached hydrogen (secondary N) is 1. The number of carboxylic acids is 1. The number of ether oxygens (including phenoxy) is 1. The number of aliphatic carboxylic acids is 1. The topological polar surface area (TPSA) is 84.6 Å². The van der Waals surface area contributed by atoms with Crippen LogP contribution in [-0.2, 0) is 4.79 Å². The highest BCUT2D eigenvalue weighted by Gasteiger charge is 2.31. The third-order valence-corrected chi connectivity index (χ3v) is 1.91. The molecule has 0 aliphatic carbocycles. The van der Waals surface area contributed by atoms with Crippen molar-refractivity contribution in [2.24, 2.45) is 5.73 Å². The van der Waals surface area contributed by atoms with Gasteiger partial charge in [-0.2, -0.15) is 0 Å². The Morgan fingerprint density at radius 3 is 2.72 bits per heavy atom. The van der Waals surface area contributed by atoms with Gasteiger partial charge in [0.1, 0.15) is 11.8 Å². The Labute approximate surface area is 100 Å². The highest BCUT2D eigenvalue weighted by Crippen LogP contribution is 2.24. The van der Waals surface area contributed by atoms with Crippen LogP contribution in [0.2, 0.25) is 0 Å². The summed E-state index contributed by atoms with van der Waals surface area (Å²) in [6.07, 6.45) is -4.77. The van der Waals surface area contributed by atoms with Gasteiger partial charge in [0, 0.05) is 18.3 Å². The molecule has 1 unspecified atom stereocenters. The summed E-state index contributed by atoms with van der Waals surface area (Å²) >= 11 is 0. The Balaban J connectivity index is 2.62. The predicted molar refractivity (Wildman–Crippen MR) is 57.2 cm³/mol. The number of halogens is 3. The highest BCUT2D eigenvalue weighted by molar-refractivity contribution is 5.74. The lowest BCUT2D eigenvalue weighted by molar-refractivity contribution is -0.274. The molecule has 0 spiro atoms. The van der Waals surface area contributed by atoms with E-state index >= 15 is 0 Å². The molecule has 0 bridgehead atoms. The van der Waals surface area contributed by atoms with E-state index in [9.17, 15) is 18.0 Å². The fourth-order valence-electron chi connectivity index (χ4n) is 1.12. The number of alkyl halides is 3. The van der Waals surface area contributed by atoms with Crippen molar-refractivity contribution in [2.45, 2.75) is 12.4 Å². The zero-order chi connectivity index (χ0) is 13.8. The fraction of sp³-hybridized carbons (Fsp3) is 0.300. The van der Waals surface area contributed by atoms with Gasteiger partial charge in [-0.15, -0.1) is 13.2 Å². The average molecular weight is 264 g/mol. The molecule has 0 heterocycles. The molecule has 0 fully saturated rings. The molecule has 4 N–H and O–H groups in total. The largest absolute Gasteiger partial charge is 0.573 e. The summed E-state index contributed by atoms with van der Waals surface area (Å²) in [6.45, 7) is -0.106. The Morgan fingerprint density at radius 1 is 1.50 bits per heavy atom. The molecule has 0 aromatic heterocycles. The molecule has 8 heteroatoms. The van der Waals surface area contributed by atoms with E-state index in [1.807, 2.05) is 0 Å². The minimum Gasteiger partial charge on any atom is -0.480 e. The second kappa shape index (κ2) is 5.58. The van der Waals surface area contributed by atoms with Crippen LogP contribution in [-0.4, -0.2) is 30.0 Å². The second-order valence-electron chi connectivity index (χ2n) is 3.40. The Morgan fingerprint density at radius 2 is 2.17 bits per heavy atom. The number of carbonyl (C=O) groups is 1. The van der Waals surface area contributed by atoms with Gasteiger partial charge in [0.25, 0.3) is 0 Å². The van der Waals surface area contributed by atoms with E-state index in [-0.39, 0.29) is 12.2 Å². The van der Waals surface area contributed by atoms with Crippen LogP contribution in [0.15, 0.2) is 24.3 Å². The molecule has 5 nitrogen and oxygen atoms in total. The lowest BCUT2D eigenvalue weighted by Crippen LogP contribution is -2.36. The average Bonchev–Trinajstić information content (AvgIpc) is 2.23. The first-order chi connectivity index (χ1) is 8.28. The first-order valence-corrected chi connectivity index (χ1v) is 4.86. The number of hydrogen-bond donors (Lipinski definition) is 3. The third-order valence-electron chi connectivity index (χ3n) is 1.91. The molecule has 0 saturated carbocycles. The van der Waals surface area contributed by atoms with E-state index in [1.54, 1.807) is 0 Å². The Hall–Kier alpha value is -1.96. The van der Waals surface area contributed by atoms with Gasteiger partial charge in [0.2, 0.25) is 0 Å². The standard InChI is InChI=1S/C10H11F3N2O3/c11-10(12,13)18-7-3-1-2-6(4-7)15-5-8(14)9(16)17/h1-4,8,15H,5,14H2,(H,16,17). The molecule has 0 radical (unpaired) electrons. The van der Waals surface area contributed by atoms with Crippen molar-refractivity contribution in [1.82, 2.24) is 0 Å². The zero-order valence-corrected chi connectivity index (χ0v) is 9.07. The van der Waals surface area contributed by atoms with Crippen molar-refractivity contribution >= 4 is 11.7 Å². The summed E-state index contributed by atoms with van der Waals surface area (Å²) in [7, 11) is 0. The number of carboxylic acid groups (broad SMARTS) is 1. The van der Waals surface area contributed by atoms with Crippen LogP contribution < -0.4 is 15.8 Å². The molecule has 1 rings (SSSR count). The molecule has 1 aromatic carbocycles. The first-order valence-electron chi connectivity index (χ1n) is 4.86. The molecule has 0 saturated heterocycles. The van der Waals surface area contributed by atoms with Crippen LogP contribution in [0.4, 0.5) is 18.9 Å². The minimum absolute atomic E-state index is 0.106. The maximum absolute atomic E-state index is 12.0. The maximum Gasteiger partial charge on any atom is 0.573 e. The van der Waals surface area contributed by atoms with Gasteiger partial charge >= 0.3 is 12.3 Å². The van der Waals surface area contributed by atoms with E-state index in [1.165, 1.54) is 12.1 Å². The smallest absolute Gasteiger partial charge is 0.480 e. The molecule has 0 aliphatic rings. The van der Waals surface area contributed by atoms with Crippen LogP contribution in [0.3, 0.4) is 0 Å². The van der Waals surface area contributed by atoms with Crippen molar-refractivity contribution < 1.29 is 27.8 Å². The summed E-state index contributed by atoms with van der Waals surface area (Å²) in [5.74, 6) is -1.60. The number of anilines is 1. The van der Waals surface area contributed by atoms with Gasteiger partial charge in [0.05, 0.1) is 0 Å². The van der Waals surface area contributed by atoms with Crippen molar-refractivity contribution in [2.75, 3.05) is 11.9 Å². The SMILES string of the molecule is NC(CNc1cccc(OC(F)(F)F)c1)C(=O)O. The Bertz CT molecular complexity index is 423. The summed E-state index contributed by atoms with van der Waals surface area (Å²) in [5.41, 5.74) is 5.52. The molecule has 1 aromatic rings. The molecular weight excluding hydrogens is 253 g/mol. The molecule has 1 atom stereocenters. The van der Waals surface area contributed by atoms with E-state index in [2.05, 4.69) is 10.1 Å². The third kappa shape index (κ3) is 4.91. The minimum atomic E-state index is -4.77. The normalized spacial score (nSPS) is 12.9. The molecular formula is C10H11F3N2O3. The maximum atomic E-state index is 12.0. The van der Waals surface area contributed by atoms with Gasteiger partial charge in [-0.25, -0.2) is 0 Å². The van der Waals surface area contributed by atoms with Crippen molar-refractivity contribution in [3.8, 4) is 5.75 Å². The second-order valence-corrected chi connectivity index (χ2v) is 3.40. The van der Waals surface area contributed by atoms with Crippen LogP contribution >= 0.6 is 0 Å². The Kier molecular flexibility index (Phi) is 4.38. The fourth-order valence-corrected chi connectivity index (χ4v) is 1.12. The molecule has 0 aliphatic heterocycles. The van der Waals surface area contributed by atoms with Crippen LogP contribution in [0.25, 0.3) is 0 Å². The van der Waals surface area contributed by atoms with Gasteiger partial charge in [0.15, 0.2) is 0 Å². The summed E-state index contributed by atoms with van der Waals surface area (Å²) < 4.78 is 39.6. The lowest BCUT2D eigenvalue weighted by atomic mass is 10.2. The molecule has 18 heavy (non-hydrogen) atoms. The van der Waals surface area contributed by atoms with E-state index in [4.69, 9.17) is 10.8 Å². The number of hydrogen-bond acceptors (Lipinski definition) is 4. The summed E-state index contributed by atoms with van der Waals surface area (Å²) in [4.78, 5) is 10.4. The van der Waals surface area contributed by atoms with Gasteiger partial charge in [-0.3, -0.25) is 4.79 Å². The number of nitrogens with two attached hydrogens (primary N) is 1. The van der Waals surface area contributed by atoms with Crippen molar-refractivity contribution in [1.29, 1.82) is 0 Å². The molecule has 0 amide bonds. The number of benzene rings is 1. The van der Waals surface area contributed by atoms with Crippen molar-refractivity contribution in [3.63, 3.8) is 0 Å². The van der Waals surface area contributed by atoms with Crippen LogP contribution in [0.1, 0.15) is 0 Å². The molecule has 100 valence electrons. The number of rotatable bonds is 5. The van der Waals surface area contributed by atoms with E-state index in [0.29, 0.717) is 0 Å². The predicted octanol–water partition coefficient (Wildman–Crippen LogP) is 1.41. The van der Waals surface area contributed by atoms with E-state index < -0.39 is 24.1 Å². The quantitative estimate of drug-likeness (QED) is 0.748. The van der Waals surface area contributed by atoms with Gasteiger partial charge in [-0.05, 0) is 12.1 Å². The lowest BCUT2D eigenvalue weighted by Gasteiger charge is -2.12. The van der Waals surface area contributed by atoms with E-state index in [0.717, 1.165) is 12.1 Å². The van der Waals surface area contributed by atoms with Crippen LogP contribution in [0.5, 0.6) is 5.75 Å². The van der Waals surface area contributed by atoms with Gasteiger partial charge in [-0.1, -0.05) is 6.07 Å². The highest BCUT2D eigenvalue weighted by atomic mass is 19.4. The van der Waals surface area contributed by atoms with Crippen molar-refractivity contribution in [3.05, 3.63) is 24.3 Å². The zero-order valence-electron chi connectivity index (χ0n) is 9.07. The first kappa shape index (κ1) is 14.1. The van der Waals surface area contributed by atoms with Crippen LogP contribution in [0, 0.1) is 0 Å². The van der Waals surface area contributed by atoms with Gasteiger partial charge < -0.3 is 20.9 Å².